The molecular formula is C23H30N2O3. The zero-order chi connectivity index (χ0) is 19.8. The maximum absolute atomic E-state index is 12.8. The number of aromatic nitrogens is 1. The van der Waals surface area contributed by atoms with Crippen molar-refractivity contribution in [2.45, 2.75) is 39.7 Å². The maximum Gasteiger partial charge on any atom is 0.312 e. The van der Waals surface area contributed by atoms with Crippen molar-refractivity contribution in [1.29, 1.82) is 0 Å². The van der Waals surface area contributed by atoms with Gasteiger partial charge in [0.15, 0.2) is 0 Å². The number of aryl methyl sites for hydroxylation is 1. The summed E-state index contributed by atoms with van der Waals surface area (Å²) in [7, 11) is 0. The Morgan fingerprint density at radius 2 is 1.86 bits per heavy atom. The van der Waals surface area contributed by atoms with Gasteiger partial charge in [-0.15, -0.1) is 0 Å². The van der Waals surface area contributed by atoms with Crippen molar-refractivity contribution >= 4 is 5.97 Å². The van der Waals surface area contributed by atoms with E-state index >= 15 is 0 Å². The molecule has 150 valence electrons. The highest BCUT2D eigenvalue weighted by atomic mass is 16.5. The second kappa shape index (κ2) is 9.69. The van der Waals surface area contributed by atoms with Crippen LogP contribution in [0.1, 0.15) is 37.6 Å². The average Bonchev–Trinajstić information content (AvgIpc) is 2.70. The van der Waals surface area contributed by atoms with Crippen molar-refractivity contribution in [1.82, 2.24) is 9.88 Å². The number of para-hydroxylation sites is 1. The number of likely N-dealkylation sites (tertiary alicyclic amines) is 1. The van der Waals surface area contributed by atoms with Crippen LogP contribution in [-0.2, 0) is 16.1 Å². The van der Waals surface area contributed by atoms with E-state index in [1.807, 2.05) is 56.3 Å². The quantitative estimate of drug-likeness (QED) is 0.646. The van der Waals surface area contributed by atoms with Crippen LogP contribution < -0.4 is 4.74 Å². The highest BCUT2D eigenvalue weighted by Crippen LogP contribution is 2.37. The van der Waals surface area contributed by atoms with Crippen molar-refractivity contribution < 1.29 is 14.3 Å². The lowest BCUT2D eigenvalue weighted by Gasteiger charge is -2.39. The van der Waals surface area contributed by atoms with Crippen molar-refractivity contribution in [3.05, 3.63) is 59.9 Å². The summed E-state index contributed by atoms with van der Waals surface area (Å²) in [5, 5.41) is 0. The molecule has 5 nitrogen and oxygen atoms in total. The Balaban J connectivity index is 1.59. The summed E-state index contributed by atoms with van der Waals surface area (Å²) in [6.07, 6.45) is 2.25. The largest absolute Gasteiger partial charge is 0.494 e. The first-order chi connectivity index (χ1) is 13.6. The van der Waals surface area contributed by atoms with Gasteiger partial charge in [0.1, 0.15) is 5.75 Å². The SMILES string of the molecule is CCOC(=O)C1(CCOc2ccccc2)CCN(Cc2cccc(C)n2)CC1. The standard InChI is InChI=1S/C23H30N2O3/c1-3-27-22(26)23(14-17-28-21-10-5-4-6-11-21)12-15-25(16-13-23)18-20-9-7-8-19(2)24-20/h4-11H,3,12-18H2,1-2H3. The lowest BCUT2D eigenvalue weighted by molar-refractivity contribution is -0.159. The normalized spacial score (nSPS) is 16.5. The molecule has 0 aliphatic carbocycles. The third-order valence-electron chi connectivity index (χ3n) is 5.45. The molecule has 1 fully saturated rings. The smallest absolute Gasteiger partial charge is 0.312 e. The molecule has 0 bridgehead atoms. The van der Waals surface area contributed by atoms with Gasteiger partial charge in [-0.05, 0) is 70.5 Å². The van der Waals surface area contributed by atoms with Gasteiger partial charge in [-0.25, -0.2) is 0 Å². The van der Waals surface area contributed by atoms with Crippen LogP contribution in [-0.4, -0.2) is 42.2 Å². The first-order valence-corrected chi connectivity index (χ1v) is 10.1. The first-order valence-electron chi connectivity index (χ1n) is 10.1. The van der Waals surface area contributed by atoms with Crippen LogP contribution in [0.3, 0.4) is 0 Å². The molecule has 0 unspecified atom stereocenters. The number of carbonyl (C=O) groups is 1. The molecule has 1 aliphatic heterocycles. The highest BCUT2D eigenvalue weighted by Gasteiger charge is 2.42. The second-order valence-electron chi connectivity index (χ2n) is 7.46. The number of hydrogen-bond donors (Lipinski definition) is 0. The monoisotopic (exact) mass is 382 g/mol. The minimum Gasteiger partial charge on any atom is -0.494 e. The molecule has 1 saturated heterocycles. The lowest BCUT2D eigenvalue weighted by Crippen LogP contribution is -2.45. The molecule has 2 aromatic rings. The third-order valence-corrected chi connectivity index (χ3v) is 5.45. The van der Waals surface area contributed by atoms with Gasteiger partial charge in [0.05, 0.1) is 24.3 Å². The Bertz CT molecular complexity index is 755. The molecule has 0 saturated carbocycles. The molecule has 0 amide bonds. The fourth-order valence-corrected chi connectivity index (χ4v) is 3.78. The number of benzene rings is 1. The van der Waals surface area contributed by atoms with Crippen LogP contribution in [0.4, 0.5) is 0 Å². The van der Waals surface area contributed by atoms with E-state index in [1.54, 1.807) is 0 Å². The van der Waals surface area contributed by atoms with Gasteiger partial charge >= 0.3 is 5.97 Å². The second-order valence-corrected chi connectivity index (χ2v) is 7.46. The lowest BCUT2D eigenvalue weighted by atomic mass is 9.75. The molecule has 3 rings (SSSR count). The molecule has 0 atom stereocenters. The Morgan fingerprint density at radius 3 is 2.54 bits per heavy atom. The van der Waals surface area contributed by atoms with Gasteiger partial charge in [0.25, 0.3) is 0 Å². The molecule has 2 heterocycles. The van der Waals surface area contributed by atoms with Crippen molar-refractivity contribution in [3.63, 3.8) is 0 Å². The van der Waals surface area contributed by atoms with E-state index in [2.05, 4.69) is 16.0 Å². The van der Waals surface area contributed by atoms with Gasteiger partial charge in [-0.2, -0.15) is 0 Å². The van der Waals surface area contributed by atoms with E-state index in [9.17, 15) is 4.79 Å². The number of hydrogen-bond acceptors (Lipinski definition) is 5. The molecule has 0 N–H and O–H groups in total. The van der Waals surface area contributed by atoms with E-state index in [4.69, 9.17) is 9.47 Å². The predicted octanol–water partition coefficient (Wildman–Crippen LogP) is 4.00. The van der Waals surface area contributed by atoms with E-state index in [-0.39, 0.29) is 5.97 Å². The van der Waals surface area contributed by atoms with Crippen LogP contribution >= 0.6 is 0 Å². The number of ether oxygens (including phenoxy) is 2. The number of piperidine rings is 1. The molecule has 1 aliphatic rings. The molecule has 1 aromatic carbocycles. The predicted molar refractivity (Wildman–Crippen MR) is 109 cm³/mol. The number of rotatable bonds is 8. The Hall–Kier alpha value is -2.40. The van der Waals surface area contributed by atoms with Crippen LogP contribution in [0.2, 0.25) is 0 Å². The van der Waals surface area contributed by atoms with Crippen LogP contribution in [0.25, 0.3) is 0 Å². The fourth-order valence-electron chi connectivity index (χ4n) is 3.78. The Labute approximate surface area is 167 Å². The van der Waals surface area contributed by atoms with Gasteiger partial charge in [0, 0.05) is 12.2 Å². The molecular weight excluding hydrogens is 352 g/mol. The Morgan fingerprint density at radius 1 is 1.11 bits per heavy atom. The van der Waals surface area contributed by atoms with Gasteiger partial charge < -0.3 is 9.47 Å². The minimum atomic E-state index is -0.457. The molecule has 5 heteroatoms. The summed E-state index contributed by atoms with van der Waals surface area (Å²) in [6.45, 7) is 7.35. The summed E-state index contributed by atoms with van der Waals surface area (Å²) in [6, 6.07) is 15.9. The molecule has 0 radical (unpaired) electrons. The Kier molecular flexibility index (Phi) is 7.04. The maximum atomic E-state index is 12.8. The number of nitrogens with zero attached hydrogens (tertiary/aromatic N) is 2. The third kappa shape index (κ3) is 5.32. The summed E-state index contributed by atoms with van der Waals surface area (Å²) in [5.74, 6) is 0.754. The molecule has 28 heavy (non-hydrogen) atoms. The topological polar surface area (TPSA) is 51.7 Å². The fraction of sp³-hybridized carbons (Fsp3) is 0.478. The van der Waals surface area contributed by atoms with Gasteiger partial charge in [-0.1, -0.05) is 24.3 Å². The zero-order valence-corrected chi connectivity index (χ0v) is 16.9. The minimum absolute atomic E-state index is 0.0833. The van der Waals surface area contributed by atoms with Crippen LogP contribution in [0.5, 0.6) is 5.75 Å². The van der Waals surface area contributed by atoms with Crippen LogP contribution in [0.15, 0.2) is 48.5 Å². The summed E-state index contributed by atoms with van der Waals surface area (Å²) < 4.78 is 11.3. The van der Waals surface area contributed by atoms with Crippen molar-refractivity contribution in [3.8, 4) is 5.75 Å². The highest BCUT2D eigenvalue weighted by molar-refractivity contribution is 5.77. The van der Waals surface area contributed by atoms with E-state index in [0.29, 0.717) is 19.6 Å². The molecule has 1 aromatic heterocycles. The van der Waals surface area contributed by atoms with Gasteiger partial charge in [-0.3, -0.25) is 14.7 Å². The van der Waals surface area contributed by atoms with E-state index in [1.165, 1.54) is 0 Å². The first kappa shape index (κ1) is 20.3. The summed E-state index contributed by atoms with van der Waals surface area (Å²) >= 11 is 0. The average molecular weight is 383 g/mol. The summed E-state index contributed by atoms with van der Waals surface area (Å²) in [4.78, 5) is 19.7. The number of carbonyl (C=O) groups excluding carboxylic acids is 1. The van der Waals surface area contributed by atoms with Crippen LogP contribution in [0, 0.1) is 12.3 Å². The number of pyridine rings is 1. The molecule has 0 spiro atoms. The van der Waals surface area contributed by atoms with E-state index in [0.717, 1.165) is 49.6 Å². The zero-order valence-electron chi connectivity index (χ0n) is 16.9. The van der Waals surface area contributed by atoms with E-state index < -0.39 is 5.41 Å². The van der Waals surface area contributed by atoms with Crippen molar-refractivity contribution in [2.24, 2.45) is 5.41 Å². The van der Waals surface area contributed by atoms with Crippen molar-refractivity contribution in [2.75, 3.05) is 26.3 Å². The van der Waals surface area contributed by atoms with Gasteiger partial charge in [0.2, 0.25) is 0 Å². The summed E-state index contributed by atoms with van der Waals surface area (Å²) in [5.41, 5.74) is 1.66. The number of esters is 1.